The summed E-state index contributed by atoms with van der Waals surface area (Å²) >= 11 is 0. The van der Waals surface area contributed by atoms with Crippen LogP contribution in [0.3, 0.4) is 0 Å². The van der Waals surface area contributed by atoms with Crippen molar-refractivity contribution >= 4 is 5.78 Å². The Balaban J connectivity index is 2.04. The fraction of sp³-hybridized carbons (Fsp3) is 0.667. The normalized spacial score (nSPS) is 24.5. The average molecular weight is 183 g/mol. The van der Waals surface area contributed by atoms with Crippen LogP contribution in [0.25, 0.3) is 0 Å². The van der Waals surface area contributed by atoms with Crippen molar-refractivity contribution in [1.82, 2.24) is 4.90 Å². The molecular weight excluding hydrogens is 170 g/mol. The van der Waals surface area contributed by atoms with Crippen LogP contribution in [0, 0.1) is 0 Å². The Morgan fingerprint density at radius 2 is 2.00 bits per heavy atom. The molecule has 0 radical (unpaired) electrons. The number of hydrogen-bond acceptors (Lipinski definition) is 4. The predicted molar refractivity (Wildman–Crippen MR) is 46.3 cm³/mol. The lowest BCUT2D eigenvalue weighted by atomic mass is 10.2. The number of morpholine rings is 1. The molecule has 0 aromatic rings. The van der Waals surface area contributed by atoms with Crippen molar-refractivity contribution in [1.29, 1.82) is 0 Å². The van der Waals surface area contributed by atoms with E-state index in [2.05, 4.69) is 4.90 Å². The number of carbonyl (C=O) groups excluding carboxylic acids is 1. The summed E-state index contributed by atoms with van der Waals surface area (Å²) in [5.74, 6) is 0.0909. The maximum atomic E-state index is 11.4. The maximum Gasteiger partial charge on any atom is 0.204 e. The molecule has 0 amide bonds. The van der Waals surface area contributed by atoms with Crippen LogP contribution in [-0.2, 0) is 14.3 Å². The van der Waals surface area contributed by atoms with Crippen LogP contribution in [0.15, 0.2) is 11.8 Å². The van der Waals surface area contributed by atoms with Crippen LogP contribution in [0.1, 0.15) is 0 Å². The first-order valence-electron chi connectivity index (χ1n) is 4.52. The van der Waals surface area contributed by atoms with Gasteiger partial charge in [-0.15, -0.1) is 0 Å². The molecule has 0 unspecified atom stereocenters. The van der Waals surface area contributed by atoms with Gasteiger partial charge in [0.15, 0.2) is 0 Å². The number of ketones is 1. The Bertz CT molecular complexity index is 231. The summed E-state index contributed by atoms with van der Waals surface area (Å²) in [6.45, 7) is 3.84. The van der Waals surface area contributed by atoms with Crippen LogP contribution >= 0.6 is 0 Å². The maximum absolute atomic E-state index is 11.4. The molecular formula is C9H13NO3. The molecule has 2 aliphatic heterocycles. The van der Waals surface area contributed by atoms with Crippen LogP contribution < -0.4 is 0 Å². The summed E-state index contributed by atoms with van der Waals surface area (Å²) in [5, 5.41) is 0. The monoisotopic (exact) mass is 183 g/mol. The minimum absolute atomic E-state index is 0.0909. The molecule has 0 atom stereocenters. The smallest absolute Gasteiger partial charge is 0.204 e. The molecule has 4 heteroatoms. The van der Waals surface area contributed by atoms with Gasteiger partial charge >= 0.3 is 0 Å². The molecule has 0 bridgehead atoms. The highest BCUT2D eigenvalue weighted by Crippen LogP contribution is 2.11. The average Bonchev–Trinajstić information content (AvgIpc) is 2.20. The van der Waals surface area contributed by atoms with Gasteiger partial charge in [-0.05, 0) is 6.08 Å². The molecule has 0 aromatic heterocycles. The SMILES string of the molecule is O=C1COCC=C1N1CCOCC1. The molecule has 2 aliphatic rings. The Hall–Kier alpha value is -0.870. The Kier molecular flexibility index (Phi) is 2.61. The van der Waals surface area contributed by atoms with Gasteiger partial charge in [-0.1, -0.05) is 0 Å². The van der Waals surface area contributed by atoms with Gasteiger partial charge in [-0.25, -0.2) is 0 Å². The summed E-state index contributed by atoms with van der Waals surface area (Å²) in [4.78, 5) is 13.5. The van der Waals surface area contributed by atoms with Gasteiger partial charge < -0.3 is 14.4 Å². The van der Waals surface area contributed by atoms with Gasteiger partial charge in [0.05, 0.1) is 25.5 Å². The number of Topliss-reactive ketones (excluding diaryl/α,β-unsaturated/α-hetero) is 1. The second-order valence-electron chi connectivity index (χ2n) is 3.13. The number of rotatable bonds is 1. The van der Waals surface area contributed by atoms with Crippen LogP contribution in [0.4, 0.5) is 0 Å². The third-order valence-corrected chi connectivity index (χ3v) is 2.27. The van der Waals surface area contributed by atoms with Crippen molar-refractivity contribution in [3.63, 3.8) is 0 Å². The van der Waals surface area contributed by atoms with Crippen LogP contribution in [0.5, 0.6) is 0 Å². The van der Waals surface area contributed by atoms with E-state index >= 15 is 0 Å². The summed E-state index contributed by atoms with van der Waals surface area (Å²) < 4.78 is 10.2. The lowest BCUT2D eigenvalue weighted by Crippen LogP contribution is -2.40. The van der Waals surface area contributed by atoms with E-state index in [9.17, 15) is 4.79 Å². The minimum atomic E-state index is 0.0909. The van der Waals surface area contributed by atoms with Crippen LogP contribution in [0.2, 0.25) is 0 Å². The van der Waals surface area contributed by atoms with E-state index in [1.165, 1.54) is 0 Å². The lowest BCUT2D eigenvalue weighted by Gasteiger charge is -2.31. The number of hydrogen-bond donors (Lipinski definition) is 0. The van der Waals surface area contributed by atoms with Gasteiger partial charge in [0, 0.05) is 13.1 Å². The first kappa shape index (κ1) is 8.72. The summed E-state index contributed by atoms with van der Waals surface area (Å²) in [5.41, 5.74) is 0.814. The van der Waals surface area contributed by atoms with Crippen molar-refractivity contribution in [2.24, 2.45) is 0 Å². The molecule has 2 heterocycles. The zero-order valence-electron chi connectivity index (χ0n) is 7.49. The van der Waals surface area contributed by atoms with Crippen molar-refractivity contribution in [3.05, 3.63) is 11.8 Å². The number of carbonyl (C=O) groups is 1. The van der Waals surface area contributed by atoms with E-state index in [4.69, 9.17) is 9.47 Å². The van der Waals surface area contributed by atoms with Gasteiger partial charge in [-0.3, -0.25) is 4.79 Å². The Labute approximate surface area is 77.1 Å². The van der Waals surface area contributed by atoms with Crippen molar-refractivity contribution in [2.45, 2.75) is 0 Å². The molecule has 13 heavy (non-hydrogen) atoms. The summed E-state index contributed by atoms with van der Waals surface area (Å²) in [7, 11) is 0. The topological polar surface area (TPSA) is 38.8 Å². The van der Waals surface area contributed by atoms with E-state index in [1.807, 2.05) is 6.08 Å². The highest BCUT2D eigenvalue weighted by atomic mass is 16.5. The second-order valence-corrected chi connectivity index (χ2v) is 3.13. The third kappa shape index (κ3) is 1.89. The third-order valence-electron chi connectivity index (χ3n) is 2.27. The fourth-order valence-electron chi connectivity index (χ4n) is 1.59. The number of ether oxygens (including phenoxy) is 2. The van der Waals surface area contributed by atoms with Crippen molar-refractivity contribution in [3.8, 4) is 0 Å². The minimum Gasteiger partial charge on any atom is -0.378 e. The fourth-order valence-corrected chi connectivity index (χ4v) is 1.59. The molecule has 1 saturated heterocycles. The van der Waals surface area contributed by atoms with E-state index < -0.39 is 0 Å². The number of nitrogens with zero attached hydrogens (tertiary/aromatic N) is 1. The van der Waals surface area contributed by atoms with E-state index in [0.29, 0.717) is 19.8 Å². The molecule has 0 aromatic carbocycles. The largest absolute Gasteiger partial charge is 0.378 e. The highest BCUT2D eigenvalue weighted by Gasteiger charge is 2.21. The molecule has 4 nitrogen and oxygen atoms in total. The molecule has 72 valence electrons. The van der Waals surface area contributed by atoms with E-state index in [0.717, 1.165) is 18.8 Å². The van der Waals surface area contributed by atoms with Gasteiger partial charge in [-0.2, -0.15) is 0 Å². The first-order chi connectivity index (χ1) is 6.38. The van der Waals surface area contributed by atoms with Gasteiger partial charge in [0.1, 0.15) is 6.61 Å². The lowest BCUT2D eigenvalue weighted by molar-refractivity contribution is -0.123. The molecule has 0 aliphatic carbocycles. The van der Waals surface area contributed by atoms with Crippen molar-refractivity contribution < 1.29 is 14.3 Å². The predicted octanol–water partition coefficient (Wildman–Crippen LogP) is -0.198. The molecule has 0 spiro atoms. The summed E-state index contributed by atoms with van der Waals surface area (Å²) in [6, 6.07) is 0. The van der Waals surface area contributed by atoms with Crippen molar-refractivity contribution in [2.75, 3.05) is 39.5 Å². The highest BCUT2D eigenvalue weighted by molar-refractivity contribution is 5.96. The van der Waals surface area contributed by atoms with Gasteiger partial charge in [0.2, 0.25) is 5.78 Å². The van der Waals surface area contributed by atoms with E-state index in [-0.39, 0.29) is 12.4 Å². The molecule has 1 fully saturated rings. The molecule has 2 rings (SSSR count). The van der Waals surface area contributed by atoms with Crippen LogP contribution in [-0.4, -0.2) is 50.2 Å². The second kappa shape index (κ2) is 3.89. The molecule has 0 saturated carbocycles. The van der Waals surface area contributed by atoms with E-state index in [1.54, 1.807) is 0 Å². The molecule has 0 N–H and O–H groups in total. The first-order valence-corrected chi connectivity index (χ1v) is 4.52. The Morgan fingerprint density at radius 1 is 1.23 bits per heavy atom. The standard InChI is InChI=1S/C9H13NO3/c11-9-7-13-4-1-8(9)10-2-5-12-6-3-10/h1H,2-7H2. The Morgan fingerprint density at radius 3 is 2.69 bits per heavy atom. The zero-order valence-corrected chi connectivity index (χ0v) is 7.49. The zero-order chi connectivity index (χ0) is 9.10. The summed E-state index contributed by atoms with van der Waals surface area (Å²) in [6.07, 6.45) is 1.86. The quantitative estimate of drug-likeness (QED) is 0.564. The van der Waals surface area contributed by atoms with Gasteiger partial charge in [0.25, 0.3) is 0 Å².